The zero-order valence-corrected chi connectivity index (χ0v) is 26.6. The zero-order valence-electron chi connectivity index (χ0n) is 26.6. The monoisotopic (exact) mass is 612 g/mol. The Kier molecular flexibility index (Phi) is 9.27. The molecule has 10 nitrogen and oxygen atoms in total. The standard InChI is InChI=1S/C33H56O10/c1-17(2)6-7-25(43-29-28(39)27(38)26(37)23(16-34)42-29)32(5,40)24-10-13-33(41)20-15-22(36)21-14-18(35)8-11-30(21,3)19(20)9-12-31(24,33)4/h17-21,23-29,34-35,37-41H,6-16H2,1-5H3/t18-,19-,20+,21+,23+,24-,25+,26+,27-,28+,29-,30+,31+,32+,33+/m0/s1. The summed E-state index contributed by atoms with van der Waals surface area (Å²) in [6.07, 6.45) is -2.62. The van der Waals surface area contributed by atoms with Crippen LogP contribution in [0.4, 0.5) is 0 Å². The van der Waals surface area contributed by atoms with Gasteiger partial charge in [-0.05, 0) is 93.8 Å². The molecule has 1 aliphatic heterocycles. The van der Waals surface area contributed by atoms with E-state index in [1.54, 1.807) is 6.92 Å². The van der Waals surface area contributed by atoms with Crippen LogP contribution in [0.1, 0.15) is 98.8 Å². The first kappa shape index (κ1) is 33.7. The minimum atomic E-state index is -1.59. The Morgan fingerprint density at radius 1 is 0.977 bits per heavy atom. The first-order valence-corrected chi connectivity index (χ1v) is 16.6. The molecule has 0 aromatic rings. The van der Waals surface area contributed by atoms with Crippen molar-refractivity contribution in [2.24, 2.45) is 40.4 Å². The summed E-state index contributed by atoms with van der Waals surface area (Å²) in [6, 6.07) is 0. The Balaban J connectivity index is 1.43. The highest BCUT2D eigenvalue weighted by atomic mass is 16.7. The summed E-state index contributed by atoms with van der Waals surface area (Å²) in [5.41, 5.74) is -3.59. The Bertz CT molecular complexity index is 1020. The molecule has 0 radical (unpaired) electrons. The lowest BCUT2D eigenvalue weighted by atomic mass is 9.42. The lowest BCUT2D eigenvalue weighted by Crippen LogP contribution is -2.66. The van der Waals surface area contributed by atoms with Crippen molar-refractivity contribution in [1.29, 1.82) is 0 Å². The second kappa shape index (κ2) is 11.8. The molecule has 4 saturated carbocycles. The maximum atomic E-state index is 13.6. The van der Waals surface area contributed by atoms with E-state index in [9.17, 15) is 40.5 Å². The fourth-order valence-electron chi connectivity index (χ4n) is 10.5. The molecule has 1 saturated heterocycles. The van der Waals surface area contributed by atoms with Gasteiger partial charge in [-0.1, -0.05) is 27.7 Å². The summed E-state index contributed by atoms with van der Waals surface area (Å²) in [4.78, 5) is 13.6. The number of ether oxygens (including phenoxy) is 2. The number of carbonyl (C=O) groups is 1. The van der Waals surface area contributed by atoms with Crippen LogP contribution in [-0.4, -0.2) is 102 Å². The largest absolute Gasteiger partial charge is 0.394 e. The quantitative estimate of drug-likeness (QED) is 0.213. The van der Waals surface area contributed by atoms with Crippen LogP contribution in [0.3, 0.4) is 0 Å². The number of carbonyl (C=O) groups excluding carboxylic acids is 1. The second-order valence-electron chi connectivity index (χ2n) is 15.9. The molecule has 1 heterocycles. The number of fused-ring (bicyclic) bond motifs is 5. The lowest BCUT2D eigenvalue weighted by Gasteiger charge is -2.63. The fraction of sp³-hybridized carbons (Fsp3) is 0.970. The van der Waals surface area contributed by atoms with E-state index in [2.05, 4.69) is 20.8 Å². The van der Waals surface area contributed by atoms with Crippen LogP contribution in [-0.2, 0) is 14.3 Å². The van der Waals surface area contributed by atoms with Gasteiger partial charge in [0.1, 0.15) is 30.2 Å². The summed E-state index contributed by atoms with van der Waals surface area (Å²) in [5.74, 6) is -0.210. The molecule has 4 aliphatic carbocycles. The maximum absolute atomic E-state index is 13.6. The van der Waals surface area contributed by atoms with Gasteiger partial charge in [0, 0.05) is 17.8 Å². The van der Waals surface area contributed by atoms with Gasteiger partial charge in [0.05, 0.1) is 30.0 Å². The first-order valence-electron chi connectivity index (χ1n) is 16.6. The summed E-state index contributed by atoms with van der Waals surface area (Å²) in [5, 5.41) is 76.5. The molecule has 5 aliphatic rings. The highest BCUT2D eigenvalue weighted by Gasteiger charge is 2.71. The minimum absolute atomic E-state index is 0.135. The van der Waals surface area contributed by atoms with Crippen LogP contribution < -0.4 is 0 Å². The number of aliphatic hydroxyl groups is 7. The number of aliphatic hydroxyl groups excluding tert-OH is 5. The maximum Gasteiger partial charge on any atom is 0.187 e. The predicted molar refractivity (Wildman–Crippen MR) is 156 cm³/mol. The first-order chi connectivity index (χ1) is 20.0. The molecule has 43 heavy (non-hydrogen) atoms. The van der Waals surface area contributed by atoms with E-state index in [0.29, 0.717) is 50.9 Å². The number of Topliss-reactive ketones (excluding diaryl/α,β-unsaturated/α-hetero) is 1. The number of hydrogen-bond donors (Lipinski definition) is 7. The lowest BCUT2D eigenvalue weighted by molar-refractivity contribution is -0.329. The van der Waals surface area contributed by atoms with Crippen molar-refractivity contribution in [3.63, 3.8) is 0 Å². The van der Waals surface area contributed by atoms with Crippen molar-refractivity contribution < 1.29 is 50.0 Å². The van der Waals surface area contributed by atoms with E-state index >= 15 is 0 Å². The number of hydrogen-bond acceptors (Lipinski definition) is 10. The summed E-state index contributed by atoms with van der Waals surface area (Å²) in [7, 11) is 0. The van der Waals surface area contributed by atoms with Crippen LogP contribution in [0.2, 0.25) is 0 Å². The van der Waals surface area contributed by atoms with Crippen molar-refractivity contribution in [2.75, 3.05) is 6.61 Å². The second-order valence-corrected chi connectivity index (χ2v) is 15.9. The topological polar surface area (TPSA) is 177 Å². The van der Waals surface area contributed by atoms with Crippen LogP contribution in [0.25, 0.3) is 0 Å². The van der Waals surface area contributed by atoms with Gasteiger partial charge >= 0.3 is 0 Å². The van der Waals surface area contributed by atoms with Gasteiger partial charge in [0.15, 0.2) is 6.29 Å². The van der Waals surface area contributed by atoms with E-state index in [4.69, 9.17) is 9.47 Å². The van der Waals surface area contributed by atoms with Crippen LogP contribution in [0, 0.1) is 40.4 Å². The van der Waals surface area contributed by atoms with E-state index in [-0.39, 0.29) is 41.3 Å². The van der Waals surface area contributed by atoms with Gasteiger partial charge in [-0.2, -0.15) is 0 Å². The highest BCUT2D eigenvalue weighted by molar-refractivity contribution is 5.83. The molecule has 15 atom stereocenters. The Labute approximate surface area is 255 Å². The summed E-state index contributed by atoms with van der Waals surface area (Å²) in [6.45, 7) is 9.51. The van der Waals surface area contributed by atoms with E-state index in [1.165, 1.54) is 0 Å². The van der Waals surface area contributed by atoms with E-state index < -0.39 is 66.1 Å². The fourth-order valence-corrected chi connectivity index (χ4v) is 10.5. The highest BCUT2D eigenvalue weighted by Crippen LogP contribution is 2.70. The van der Waals surface area contributed by atoms with Crippen LogP contribution in [0.5, 0.6) is 0 Å². The molecule has 5 rings (SSSR count). The molecule has 0 aromatic heterocycles. The summed E-state index contributed by atoms with van der Waals surface area (Å²) >= 11 is 0. The molecule has 0 aromatic carbocycles. The normalized spacial score (nSPS) is 50.5. The van der Waals surface area contributed by atoms with Crippen LogP contribution in [0.15, 0.2) is 0 Å². The van der Waals surface area contributed by atoms with Gasteiger partial charge in [-0.3, -0.25) is 4.79 Å². The molecule has 0 amide bonds. The van der Waals surface area contributed by atoms with Gasteiger partial charge in [-0.15, -0.1) is 0 Å². The summed E-state index contributed by atoms with van der Waals surface area (Å²) < 4.78 is 12.0. The molecule has 7 N–H and O–H groups in total. The smallest absolute Gasteiger partial charge is 0.187 e. The van der Waals surface area contributed by atoms with Crippen molar-refractivity contribution >= 4 is 5.78 Å². The molecule has 10 heteroatoms. The molecule has 5 fully saturated rings. The van der Waals surface area contributed by atoms with Crippen LogP contribution >= 0.6 is 0 Å². The molecule has 248 valence electrons. The van der Waals surface area contributed by atoms with E-state index in [1.807, 2.05) is 6.92 Å². The third kappa shape index (κ3) is 5.34. The predicted octanol–water partition coefficient (Wildman–Crippen LogP) is 1.67. The number of rotatable bonds is 8. The molecular formula is C33H56O10. The SMILES string of the molecule is CC(C)CC[C@@H](O[C@@H]1O[C@H](CO)[C@@H](O)[C@H](O)[C@H]1O)[C@](C)(O)[C@H]1CC[C@@]2(O)[C@@H]3CC(=O)[C@H]4C[C@@H](O)CC[C@]4(C)[C@H]3CC[C@]12C. The minimum Gasteiger partial charge on any atom is -0.394 e. The Morgan fingerprint density at radius 2 is 1.67 bits per heavy atom. The molecule has 0 unspecified atom stereocenters. The Morgan fingerprint density at radius 3 is 2.33 bits per heavy atom. The molecular weight excluding hydrogens is 556 g/mol. The Hall–Kier alpha value is -0.690. The average molecular weight is 613 g/mol. The third-order valence-corrected chi connectivity index (χ3v) is 13.1. The molecule has 0 bridgehead atoms. The molecule has 0 spiro atoms. The van der Waals surface area contributed by atoms with Crippen molar-refractivity contribution in [1.82, 2.24) is 0 Å². The van der Waals surface area contributed by atoms with Gasteiger partial charge in [-0.25, -0.2) is 0 Å². The third-order valence-electron chi connectivity index (χ3n) is 13.1. The number of ketones is 1. The van der Waals surface area contributed by atoms with Crippen molar-refractivity contribution in [3.8, 4) is 0 Å². The van der Waals surface area contributed by atoms with Crippen molar-refractivity contribution in [2.45, 2.75) is 153 Å². The van der Waals surface area contributed by atoms with Crippen molar-refractivity contribution in [3.05, 3.63) is 0 Å². The van der Waals surface area contributed by atoms with Gasteiger partial charge in [0.25, 0.3) is 0 Å². The van der Waals surface area contributed by atoms with Gasteiger partial charge < -0.3 is 45.2 Å². The van der Waals surface area contributed by atoms with Gasteiger partial charge in [0.2, 0.25) is 0 Å². The average Bonchev–Trinajstić information content (AvgIpc) is 3.23. The van der Waals surface area contributed by atoms with E-state index in [0.717, 1.165) is 12.8 Å². The zero-order chi connectivity index (χ0) is 31.7.